The van der Waals surface area contributed by atoms with Gasteiger partial charge in [0, 0.05) is 13.1 Å². The van der Waals surface area contributed by atoms with Crippen molar-refractivity contribution in [1.29, 1.82) is 0 Å². The summed E-state index contributed by atoms with van der Waals surface area (Å²) >= 11 is 1.11. The first-order valence-electron chi connectivity index (χ1n) is 10.1. The minimum absolute atomic E-state index is 0.109. The highest BCUT2D eigenvalue weighted by molar-refractivity contribution is 8.00. The Morgan fingerprint density at radius 1 is 1.09 bits per heavy atom. The van der Waals surface area contributed by atoms with Gasteiger partial charge < -0.3 is 5.32 Å². The highest BCUT2D eigenvalue weighted by Gasteiger charge is 2.27. The zero-order valence-electron chi connectivity index (χ0n) is 17.9. The summed E-state index contributed by atoms with van der Waals surface area (Å²) in [5.74, 6) is -0.458. The summed E-state index contributed by atoms with van der Waals surface area (Å²) in [6, 6.07) is 20.7. The minimum atomic E-state index is -0.800. The Labute approximate surface area is 193 Å². The summed E-state index contributed by atoms with van der Waals surface area (Å²) in [6.45, 7) is 1.74. The molecule has 0 spiro atoms. The van der Waals surface area contributed by atoms with Gasteiger partial charge in [-0.2, -0.15) is 0 Å². The smallest absolute Gasteiger partial charge is 0.293 e. The molecule has 0 saturated heterocycles. The topological polar surface area (TPSA) is 107 Å². The molecule has 3 aromatic carbocycles. The summed E-state index contributed by atoms with van der Waals surface area (Å²) < 4.78 is 1.41. The maximum absolute atomic E-state index is 13.4. The van der Waals surface area contributed by atoms with Crippen molar-refractivity contribution in [2.75, 3.05) is 5.32 Å². The fourth-order valence-electron chi connectivity index (χ4n) is 3.41. The average Bonchev–Trinajstić information content (AvgIpc) is 2.82. The van der Waals surface area contributed by atoms with E-state index in [1.54, 1.807) is 68.6 Å². The van der Waals surface area contributed by atoms with Crippen molar-refractivity contribution in [2.45, 2.75) is 17.3 Å². The largest absolute Gasteiger partial charge is 0.319 e. The molecule has 166 valence electrons. The van der Waals surface area contributed by atoms with Crippen LogP contribution in [0.1, 0.15) is 16.4 Å². The lowest BCUT2D eigenvalue weighted by Gasteiger charge is -2.18. The third-order valence-electron chi connectivity index (χ3n) is 5.11. The third-order valence-corrected chi connectivity index (χ3v) is 6.41. The predicted octanol–water partition coefficient (Wildman–Crippen LogP) is 4.62. The van der Waals surface area contributed by atoms with Gasteiger partial charge in [-0.15, -0.1) is 0 Å². The normalized spacial score (nSPS) is 11.8. The van der Waals surface area contributed by atoms with Crippen molar-refractivity contribution in [3.8, 4) is 0 Å². The number of nitrogens with one attached hydrogen (secondary N) is 1. The number of aromatic nitrogens is 2. The van der Waals surface area contributed by atoms with Crippen LogP contribution in [0.25, 0.3) is 10.9 Å². The van der Waals surface area contributed by atoms with Crippen molar-refractivity contribution >= 4 is 39.9 Å². The van der Waals surface area contributed by atoms with Gasteiger partial charge in [0.25, 0.3) is 11.2 Å². The van der Waals surface area contributed by atoms with E-state index in [1.165, 1.54) is 16.7 Å². The minimum Gasteiger partial charge on any atom is -0.319 e. The van der Waals surface area contributed by atoms with E-state index in [0.29, 0.717) is 27.2 Å². The summed E-state index contributed by atoms with van der Waals surface area (Å²) in [7, 11) is 1.61. The van der Waals surface area contributed by atoms with Gasteiger partial charge >= 0.3 is 0 Å². The SMILES string of the molecule is Cc1ccc(NC(=O)C(Sc2nc3ccccc3c(=O)n2C)c2ccccc2)c([N+](=O)[O-])c1. The van der Waals surface area contributed by atoms with E-state index in [-0.39, 0.29) is 16.9 Å². The number of nitrogens with zero attached hydrogens (tertiary/aromatic N) is 3. The molecule has 0 bridgehead atoms. The van der Waals surface area contributed by atoms with E-state index in [1.807, 2.05) is 6.07 Å². The number of nitro benzene ring substituents is 1. The van der Waals surface area contributed by atoms with Gasteiger partial charge in [0.15, 0.2) is 5.16 Å². The van der Waals surface area contributed by atoms with E-state index >= 15 is 0 Å². The molecule has 0 fully saturated rings. The molecule has 4 rings (SSSR count). The van der Waals surface area contributed by atoms with Crippen molar-refractivity contribution in [2.24, 2.45) is 7.05 Å². The van der Waals surface area contributed by atoms with Crippen LogP contribution in [0.4, 0.5) is 11.4 Å². The second-order valence-electron chi connectivity index (χ2n) is 7.45. The van der Waals surface area contributed by atoms with Crippen LogP contribution in [0.15, 0.2) is 82.7 Å². The second-order valence-corrected chi connectivity index (χ2v) is 8.52. The first-order chi connectivity index (χ1) is 15.8. The Balaban J connectivity index is 1.74. The number of anilines is 1. The number of rotatable bonds is 6. The highest BCUT2D eigenvalue weighted by Crippen LogP contribution is 2.36. The Hall–Kier alpha value is -3.98. The van der Waals surface area contributed by atoms with Crippen LogP contribution >= 0.6 is 11.8 Å². The first-order valence-corrected chi connectivity index (χ1v) is 11.0. The van der Waals surface area contributed by atoms with Crippen molar-refractivity contribution < 1.29 is 9.72 Å². The quantitative estimate of drug-likeness (QED) is 0.195. The molecule has 0 aliphatic carbocycles. The predicted molar refractivity (Wildman–Crippen MR) is 128 cm³/mol. The number of hydrogen-bond acceptors (Lipinski definition) is 6. The van der Waals surface area contributed by atoms with Crippen LogP contribution in [0.3, 0.4) is 0 Å². The monoisotopic (exact) mass is 460 g/mol. The van der Waals surface area contributed by atoms with Crippen LogP contribution in [-0.2, 0) is 11.8 Å². The number of nitro groups is 1. The molecule has 8 nitrogen and oxygen atoms in total. The van der Waals surface area contributed by atoms with Gasteiger partial charge in [0.2, 0.25) is 5.91 Å². The third kappa shape index (κ3) is 4.63. The lowest BCUT2D eigenvalue weighted by atomic mass is 10.1. The molecule has 0 aliphatic heterocycles. The summed E-state index contributed by atoms with van der Waals surface area (Å²) in [4.78, 5) is 41.7. The number of hydrogen-bond donors (Lipinski definition) is 1. The Morgan fingerprint density at radius 2 is 1.79 bits per heavy atom. The lowest BCUT2D eigenvalue weighted by molar-refractivity contribution is -0.384. The van der Waals surface area contributed by atoms with E-state index < -0.39 is 16.1 Å². The molecule has 0 aliphatic rings. The van der Waals surface area contributed by atoms with Gasteiger partial charge in [0.1, 0.15) is 10.9 Å². The van der Waals surface area contributed by atoms with Crippen molar-refractivity contribution in [1.82, 2.24) is 9.55 Å². The fraction of sp³-hybridized carbons (Fsp3) is 0.125. The maximum atomic E-state index is 13.4. The molecule has 1 atom stereocenters. The first kappa shape index (κ1) is 22.2. The van der Waals surface area contributed by atoms with Gasteiger partial charge in [-0.05, 0) is 36.2 Å². The molecule has 1 unspecified atom stereocenters. The van der Waals surface area contributed by atoms with E-state index in [4.69, 9.17) is 0 Å². The lowest BCUT2D eigenvalue weighted by Crippen LogP contribution is -2.23. The molecule has 4 aromatic rings. The van der Waals surface area contributed by atoms with Crippen LogP contribution < -0.4 is 10.9 Å². The van der Waals surface area contributed by atoms with E-state index in [2.05, 4.69) is 10.3 Å². The second kappa shape index (κ2) is 9.25. The number of thioether (sulfide) groups is 1. The number of aryl methyl sites for hydroxylation is 1. The van der Waals surface area contributed by atoms with Crippen molar-refractivity contribution in [3.05, 3.63) is 104 Å². The molecule has 1 aromatic heterocycles. The van der Waals surface area contributed by atoms with Crippen molar-refractivity contribution in [3.63, 3.8) is 0 Å². The number of amides is 1. The van der Waals surface area contributed by atoms with E-state index in [0.717, 1.165) is 11.8 Å². The summed E-state index contributed by atoms with van der Waals surface area (Å²) in [6.07, 6.45) is 0. The van der Waals surface area contributed by atoms with Gasteiger partial charge in [-0.1, -0.05) is 60.3 Å². The van der Waals surface area contributed by atoms with Crippen LogP contribution in [-0.4, -0.2) is 20.4 Å². The standard InChI is InChI=1S/C24H20N4O4S/c1-15-12-13-19(20(14-15)28(31)32)25-22(29)21(16-8-4-3-5-9-16)33-24-26-18-11-7-6-10-17(18)23(30)27(24)2/h3-14,21H,1-2H3,(H,25,29). The van der Waals surface area contributed by atoms with Gasteiger partial charge in [-0.3, -0.25) is 24.3 Å². The Morgan fingerprint density at radius 3 is 2.52 bits per heavy atom. The zero-order chi connectivity index (χ0) is 23.5. The van der Waals surface area contributed by atoms with Gasteiger partial charge in [-0.25, -0.2) is 4.98 Å². The number of benzene rings is 3. The highest BCUT2D eigenvalue weighted by atomic mass is 32.2. The molecule has 0 radical (unpaired) electrons. The fourth-order valence-corrected chi connectivity index (χ4v) is 4.47. The molecule has 9 heteroatoms. The van der Waals surface area contributed by atoms with Crippen LogP contribution in [0.5, 0.6) is 0 Å². The summed E-state index contributed by atoms with van der Waals surface area (Å²) in [5, 5.41) is 14.2. The Bertz CT molecular complexity index is 1420. The summed E-state index contributed by atoms with van der Waals surface area (Å²) in [5.41, 5.74) is 1.63. The Kier molecular flexibility index (Phi) is 6.23. The molecule has 33 heavy (non-hydrogen) atoms. The molecular weight excluding hydrogens is 440 g/mol. The molecule has 1 heterocycles. The molecular formula is C24H20N4O4S. The van der Waals surface area contributed by atoms with Crippen LogP contribution in [0.2, 0.25) is 0 Å². The number of fused-ring (bicyclic) bond motifs is 1. The van der Waals surface area contributed by atoms with Crippen LogP contribution in [0, 0.1) is 17.0 Å². The number of para-hydroxylation sites is 1. The average molecular weight is 461 g/mol. The zero-order valence-corrected chi connectivity index (χ0v) is 18.7. The van der Waals surface area contributed by atoms with E-state index in [9.17, 15) is 19.7 Å². The van der Waals surface area contributed by atoms with Gasteiger partial charge in [0.05, 0.1) is 15.8 Å². The molecule has 1 N–H and O–H groups in total. The molecule has 0 saturated carbocycles. The number of carbonyl (C=O) groups excluding carboxylic acids is 1. The maximum Gasteiger partial charge on any atom is 0.293 e. The number of carbonyl (C=O) groups is 1. The molecule has 1 amide bonds.